The molecule has 2 heterocycles. The number of nitro groups is 1. The summed E-state index contributed by atoms with van der Waals surface area (Å²) in [6.07, 6.45) is 2.01. The maximum atomic E-state index is 12.6. The molecule has 0 spiro atoms. The van der Waals surface area contributed by atoms with Gasteiger partial charge in [-0.3, -0.25) is 20.2 Å². The minimum atomic E-state index is -0.512. The molecule has 0 atom stereocenters. The molecule has 3 aromatic rings. The van der Waals surface area contributed by atoms with Gasteiger partial charge in [-0.25, -0.2) is 4.98 Å². The Labute approximate surface area is 188 Å². The number of amides is 1. The van der Waals surface area contributed by atoms with E-state index in [2.05, 4.69) is 15.6 Å². The number of anilines is 2. The zero-order chi connectivity index (χ0) is 22.1. The van der Waals surface area contributed by atoms with Crippen molar-refractivity contribution in [1.82, 2.24) is 10.3 Å². The van der Waals surface area contributed by atoms with Gasteiger partial charge in [0.05, 0.1) is 15.1 Å². The number of nitrogens with one attached hydrogen (secondary N) is 2. The summed E-state index contributed by atoms with van der Waals surface area (Å²) in [5.41, 5.74) is 3.71. The topological polar surface area (TPSA) is 100 Å². The van der Waals surface area contributed by atoms with Crippen molar-refractivity contribution in [2.75, 3.05) is 23.3 Å². The summed E-state index contributed by atoms with van der Waals surface area (Å²) < 4.78 is 1.06. The van der Waals surface area contributed by atoms with E-state index >= 15 is 0 Å². The van der Waals surface area contributed by atoms with Gasteiger partial charge in [-0.05, 0) is 62.2 Å². The van der Waals surface area contributed by atoms with Crippen LogP contribution in [0.5, 0.6) is 0 Å². The fraction of sp³-hybridized carbons (Fsp3) is 0.286. The minimum absolute atomic E-state index is 0.0782. The maximum Gasteiger partial charge on any atom is 0.293 e. The van der Waals surface area contributed by atoms with Gasteiger partial charge >= 0.3 is 0 Å². The molecule has 1 saturated heterocycles. The fourth-order valence-electron chi connectivity index (χ4n) is 3.65. The molecule has 8 nitrogen and oxygen atoms in total. The van der Waals surface area contributed by atoms with Crippen molar-refractivity contribution < 1.29 is 9.72 Å². The fourth-order valence-corrected chi connectivity index (χ4v) is 4.92. The first-order valence-electron chi connectivity index (χ1n) is 9.86. The number of fused-ring (bicyclic) bond motifs is 1. The van der Waals surface area contributed by atoms with E-state index in [1.54, 1.807) is 12.1 Å². The van der Waals surface area contributed by atoms with Gasteiger partial charge in [0.25, 0.3) is 11.6 Å². The number of carbonyl (C=O) groups is 1. The number of hydrogen-bond acceptors (Lipinski definition) is 7. The highest BCUT2D eigenvalue weighted by Gasteiger charge is 2.24. The molecule has 31 heavy (non-hydrogen) atoms. The molecular weight excluding hydrogens is 434 g/mol. The Bertz CT molecular complexity index is 1160. The van der Waals surface area contributed by atoms with Crippen molar-refractivity contribution >= 4 is 61.3 Å². The van der Waals surface area contributed by atoms with Gasteiger partial charge in [-0.15, -0.1) is 0 Å². The Morgan fingerprint density at radius 1 is 1.19 bits per heavy atom. The zero-order valence-electron chi connectivity index (χ0n) is 17.1. The van der Waals surface area contributed by atoms with Crippen LogP contribution in [0, 0.1) is 24.0 Å². The molecule has 0 saturated carbocycles. The first-order chi connectivity index (χ1) is 14.8. The van der Waals surface area contributed by atoms with Gasteiger partial charge in [0, 0.05) is 24.7 Å². The van der Waals surface area contributed by atoms with Gasteiger partial charge in [0.1, 0.15) is 5.69 Å². The van der Waals surface area contributed by atoms with E-state index in [9.17, 15) is 14.9 Å². The van der Waals surface area contributed by atoms with E-state index < -0.39 is 10.8 Å². The molecular formula is C21H21N5O3S2. The summed E-state index contributed by atoms with van der Waals surface area (Å²) in [5, 5.41) is 17.8. The molecule has 160 valence electrons. The number of thiazole rings is 1. The van der Waals surface area contributed by atoms with E-state index in [1.165, 1.54) is 17.4 Å². The lowest BCUT2D eigenvalue weighted by Gasteiger charge is -2.17. The highest BCUT2D eigenvalue weighted by Crippen LogP contribution is 2.32. The summed E-state index contributed by atoms with van der Waals surface area (Å²) in [6.45, 7) is 5.57. The SMILES string of the molecule is Cc1ccc(C)c2sc(NC(=S)NC(=O)c3ccc(N4CCCC4)c([N+](=O)[O-])c3)nc12. The Balaban J connectivity index is 1.49. The number of aryl methyl sites for hydroxylation is 2. The minimum Gasteiger partial charge on any atom is -0.366 e. The van der Waals surface area contributed by atoms with Gasteiger partial charge in [-0.1, -0.05) is 23.5 Å². The summed E-state index contributed by atoms with van der Waals surface area (Å²) in [7, 11) is 0. The molecule has 0 bridgehead atoms. The predicted octanol–water partition coefficient (Wildman–Crippen LogP) is 4.55. The second kappa shape index (κ2) is 8.56. The van der Waals surface area contributed by atoms with Crippen molar-refractivity contribution in [2.45, 2.75) is 26.7 Å². The summed E-state index contributed by atoms with van der Waals surface area (Å²) in [6, 6.07) is 8.57. The molecule has 4 rings (SSSR count). The van der Waals surface area contributed by atoms with Gasteiger partial charge in [0.15, 0.2) is 10.2 Å². The first-order valence-corrected chi connectivity index (χ1v) is 11.1. The molecule has 0 radical (unpaired) electrons. The first kappa shape index (κ1) is 21.1. The van der Waals surface area contributed by atoms with Crippen molar-refractivity contribution in [2.24, 2.45) is 0 Å². The number of aromatic nitrogens is 1. The third kappa shape index (κ3) is 4.35. The maximum absolute atomic E-state index is 12.6. The molecule has 1 aliphatic rings. The molecule has 0 unspecified atom stereocenters. The average molecular weight is 456 g/mol. The van der Waals surface area contributed by atoms with Crippen LogP contribution in [-0.4, -0.2) is 34.0 Å². The van der Waals surface area contributed by atoms with Crippen LogP contribution >= 0.6 is 23.6 Å². The molecule has 2 aromatic carbocycles. The number of nitro benzene ring substituents is 1. The monoisotopic (exact) mass is 455 g/mol. The number of carbonyl (C=O) groups excluding carboxylic acids is 1. The van der Waals surface area contributed by atoms with E-state index in [1.807, 2.05) is 30.9 Å². The highest BCUT2D eigenvalue weighted by atomic mass is 32.1. The Kier molecular flexibility index (Phi) is 5.84. The van der Waals surface area contributed by atoms with Crippen LogP contribution in [0.3, 0.4) is 0 Å². The van der Waals surface area contributed by atoms with Crippen LogP contribution in [0.4, 0.5) is 16.5 Å². The van der Waals surface area contributed by atoms with E-state index in [0.29, 0.717) is 10.8 Å². The van der Waals surface area contributed by atoms with E-state index in [0.717, 1.165) is 47.3 Å². The van der Waals surface area contributed by atoms with Gasteiger partial charge in [-0.2, -0.15) is 0 Å². The van der Waals surface area contributed by atoms with Gasteiger partial charge < -0.3 is 10.2 Å². The predicted molar refractivity (Wildman–Crippen MR) is 127 cm³/mol. The zero-order valence-corrected chi connectivity index (χ0v) is 18.7. The van der Waals surface area contributed by atoms with E-state index in [-0.39, 0.29) is 16.4 Å². The molecule has 2 N–H and O–H groups in total. The van der Waals surface area contributed by atoms with Crippen LogP contribution in [0.25, 0.3) is 10.2 Å². The molecule has 1 aromatic heterocycles. The molecule has 1 amide bonds. The van der Waals surface area contributed by atoms with Crippen molar-refractivity contribution in [3.8, 4) is 0 Å². The lowest BCUT2D eigenvalue weighted by Crippen LogP contribution is -2.34. The molecule has 0 aliphatic carbocycles. The second-order valence-electron chi connectivity index (χ2n) is 7.46. The number of benzene rings is 2. The summed E-state index contributed by atoms with van der Waals surface area (Å²) in [4.78, 5) is 30.3. The van der Waals surface area contributed by atoms with Crippen LogP contribution in [-0.2, 0) is 0 Å². The smallest absolute Gasteiger partial charge is 0.293 e. The molecule has 1 aliphatic heterocycles. The van der Waals surface area contributed by atoms with Crippen LogP contribution in [0.1, 0.15) is 34.3 Å². The summed E-state index contributed by atoms with van der Waals surface area (Å²) in [5.74, 6) is -0.512. The Hall–Kier alpha value is -3.11. The van der Waals surface area contributed by atoms with Crippen molar-refractivity contribution in [3.63, 3.8) is 0 Å². The normalized spacial score (nSPS) is 13.4. The van der Waals surface area contributed by atoms with Crippen LogP contribution in [0.2, 0.25) is 0 Å². The van der Waals surface area contributed by atoms with Crippen LogP contribution in [0.15, 0.2) is 30.3 Å². The number of rotatable bonds is 4. The van der Waals surface area contributed by atoms with E-state index in [4.69, 9.17) is 12.2 Å². The van der Waals surface area contributed by atoms with Crippen LogP contribution < -0.4 is 15.5 Å². The van der Waals surface area contributed by atoms with Crippen molar-refractivity contribution in [3.05, 3.63) is 57.1 Å². The number of hydrogen-bond donors (Lipinski definition) is 2. The lowest BCUT2D eigenvalue weighted by atomic mass is 10.1. The third-order valence-electron chi connectivity index (χ3n) is 5.27. The largest absolute Gasteiger partial charge is 0.366 e. The highest BCUT2D eigenvalue weighted by molar-refractivity contribution is 7.80. The molecule has 1 fully saturated rings. The number of nitrogens with zero attached hydrogens (tertiary/aromatic N) is 3. The molecule has 10 heteroatoms. The quantitative estimate of drug-likeness (QED) is 0.338. The average Bonchev–Trinajstić information content (AvgIpc) is 3.41. The second-order valence-corrected chi connectivity index (χ2v) is 8.87. The van der Waals surface area contributed by atoms with Crippen molar-refractivity contribution in [1.29, 1.82) is 0 Å². The standard InChI is InChI=1S/C21H21N5O3S2/c1-12-5-6-13(2)18-17(12)22-21(31-18)24-20(30)23-19(27)14-7-8-15(16(11-14)26(28)29)25-9-3-4-10-25/h5-8,11H,3-4,9-10H2,1-2H3,(H2,22,23,24,27,30). The van der Waals surface area contributed by atoms with Gasteiger partial charge in [0.2, 0.25) is 0 Å². The number of thiocarbonyl (C=S) groups is 1. The Morgan fingerprint density at radius 2 is 1.90 bits per heavy atom. The third-order valence-corrected chi connectivity index (χ3v) is 6.58. The summed E-state index contributed by atoms with van der Waals surface area (Å²) >= 11 is 6.72. The Morgan fingerprint density at radius 3 is 2.58 bits per heavy atom. The lowest BCUT2D eigenvalue weighted by molar-refractivity contribution is -0.384.